The van der Waals surface area contributed by atoms with Crippen LogP contribution in [0.4, 0.5) is 0 Å². The van der Waals surface area contributed by atoms with Gasteiger partial charge in [-0.3, -0.25) is 19.6 Å². The van der Waals surface area contributed by atoms with E-state index in [9.17, 15) is 9.59 Å². The highest BCUT2D eigenvalue weighted by atomic mass is 16.2. The molecule has 0 aliphatic carbocycles. The van der Waals surface area contributed by atoms with Crippen molar-refractivity contribution in [2.24, 2.45) is 0 Å². The van der Waals surface area contributed by atoms with Crippen LogP contribution in [0.25, 0.3) is 10.9 Å². The van der Waals surface area contributed by atoms with Crippen molar-refractivity contribution >= 4 is 22.7 Å². The van der Waals surface area contributed by atoms with Gasteiger partial charge in [0.15, 0.2) is 5.69 Å². The summed E-state index contributed by atoms with van der Waals surface area (Å²) in [6, 6.07) is 6.78. The van der Waals surface area contributed by atoms with Crippen LogP contribution in [0, 0.1) is 0 Å². The maximum Gasteiger partial charge on any atom is 0.273 e. The van der Waals surface area contributed by atoms with Crippen LogP contribution in [-0.2, 0) is 4.79 Å². The standard InChI is InChI=1S/C17H24N6O2/c1-12(16(24)19-8-11-23-9-6-18-7-10-23)20-17(25)15-13-4-2-3-5-14(13)21-22-15/h2-5,12,18H,6-11H2,1H3,(H,19,24)(H,20,25)(H,21,22). The monoisotopic (exact) mass is 344 g/mol. The molecule has 1 atom stereocenters. The number of aromatic amines is 1. The highest BCUT2D eigenvalue weighted by molar-refractivity contribution is 6.05. The second kappa shape index (κ2) is 8.09. The first-order chi connectivity index (χ1) is 12.1. The third kappa shape index (κ3) is 4.34. The predicted molar refractivity (Wildman–Crippen MR) is 95.3 cm³/mol. The Hall–Kier alpha value is -2.45. The van der Waals surface area contributed by atoms with E-state index in [4.69, 9.17) is 0 Å². The molecule has 8 nitrogen and oxygen atoms in total. The maximum atomic E-state index is 12.4. The lowest BCUT2D eigenvalue weighted by atomic mass is 10.2. The van der Waals surface area contributed by atoms with E-state index in [-0.39, 0.29) is 11.8 Å². The van der Waals surface area contributed by atoms with Crippen LogP contribution >= 0.6 is 0 Å². The number of carbonyl (C=O) groups excluding carboxylic acids is 2. The Morgan fingerprint density at radius 3 is 2.84 bits per heavy atom. The van der Waals surface area contributed by atoms with Crippen molar-refractivity contribution < 1.29 is 9.59 Å². The van der Waals surface area contributed by atoms with Crippen molar-refractivity contribution in [1.82, 2.24) is 31.0 Å². The van der Waals surface area contributed by atoms with Gasteiger partial charge in [0, 0.05) is 44.7 Å². The van der Waals surface area contributed by atoms with Crippen LogP contribution in [0.3, 0.4) is 0 Å². The number of H-pyrrole nitrogens is 1. The molecule has 0 saturated carbocycles. The van der Waals surface area contributed by atoms with Gasteiger partial charge in [-0.05, 0) is 13.0 Å². The minimum Gasteiger partial charge on any atom is -0.353 e. The molecule has 134 valence electrons. The van der Waals surface area contributed by atoms with E-state index < -0.39 is 6.04 Å². The topological polar surface area (TPSA) is 102 Å². The van der Waals surface area contributed by atoms with Gasteiger partial charge in [0.1, 0.15) is 6.04 Å². The van der Waals surface area contributed by atoms with E-state index in [1.807, 2.05) is 24.3 Å². The molecule has 3 rings (SSSR count). The summed E-state index contributed by atoms with van der Waals surface area (Å²) in [5.74, 6) is -0.550. The molecular formula is C17H24N6O2. The molecule has 0 radical (unpaired) electrons. The largest absolute Gasteiger partial charge is 0.353 e. The molecule has 2 amide bonds. The number of benzene rings is 1. The van der Waals surface area contributed by atoms with Gasteiger partial charge < -0.3 is 16.0 Å². The summed E-state index contributed by atoms with van der Waals surface area (Å²) < 4.78 is 0. The first-order valence-electron chi connectivity index (χ1n) is 8.60. The number of nitrogens with one attached hydrogen (secondary N) is 4. The fourth-order valence-corrected chi connectivity index (χ4v) is 2.89. The van der Waals surface area contributed by atoms with Gasteiger partial charge in [-0.25, -0.2) is 0 Å². The highest BCUT2D eigenvalue weighted by Gasteiger charge is 2.20. The smallest absolute Gasteiger partial charge is 0.273 e. The number of piperazine rings is 1. The zero-order valence-electron chi connectivity index (χ0n) is 14.3. The Labute approximate surface area is 146 Å². The molecule has 2 heterocycles. The SMILES string of the molecule is CC(NC(=O)c1n[nH]c2ccccc12)C(=O)NCCN1CCNCC1. The summed E-state index contributed by atoms with van der Waals surface area (Å²) in [7, 11) is 0. The Morgan fingerprint density at radius 2 is 2.04 bits per heavy atom. The summed E-state index contributed by atoms with van der Waals surface area (Å²) in [4.78, 5) is 26.8. The number of carbonyl (C=O) groups is 2. The normalized spacial score (nSPS) is 16.5. The summed E-state index contributed by atoms with van der Waals surface area (Å²) >= 11 is 0. The van der Waals surface area contributed by atoms with Gasteiger partial charge in [0.05, 0.1) is 5.52 Å². The number of para-hydroxylation sites is 1. The first kappa shape index (κ1) is 17.4. The summed E-state index contributed by atoms with van der Waals surface area (Å²) in [6.07, 6.45) is 0. The molecule has 1 aromatic carbocycles. The number of hydrogen-bond donors (Lipinski definition) is 4. The molecule has 25 heavy (non-hydrogen) atoms. The molecule has 1 aliphatic rings. The molecule has 1 fully saturated rings. The van der Waals surface area contributed by atoms with Crippen LogP contribution < -0.4 is 16.0 Å². The quantitative estimate of drug-likeness (QED) is 0.576. The van der Waals surface area contributed by atoms with Gasteiger partial charge in [-0.2, -0.15) is 5.10 Å². The molecule has 0 bridgehead atoms. The lowest BCUT2D eigenvalue weighted by molar-refractivity contribution is -0.122. The molecule has 1 saturated heterocycles. The minimum atomic E-state index is -0.619. The van der Waals surface area contributed by atoms with E-state index >= 15 is 0 Å². The number of aromatic nitrogens is 2. The van der Waals surface area contributed by atoms with Crippen LogP contribution in [-0.4, -0.2) is 72.2 Å². The van der Waals surface area contributed by atoms with E-state index in [1.54, 1.807) is 6.92 Å². The van der Waals surface area contributed by atoms with Crippen LogP contribution in [0.1, 0.15) is 17.4 Å². The molecule has 1 aliphatic heterocycles. The minimum absolute atomic E-state index is 0.191. The molecule has 0 spiro atoms. The number of amides is 2. The van der Waals surface area contributed by atoms with Gasteiger partial charge in [0.25, 0.3) is 5.91 Å². The van der Waals surface area contributed by atoms with Crippen molar-refractivity contribution in [1.29, 1.82) is 0 Å². The van der Waals surface area contributed by atoms with Crippen molar-refractivity contribution in [2.75, 3.05) is 39.3 Å². The summed E-state index contributed by atoms with van der Waals surface area (Å²) in [5.41, 5.74) is 1.09. The number of hydrogen-bond acceptors (Lipinski definition) is 5. The van der Waals surface area contributed by atoms with Gasteiger partial charge in [-0.1, -0.05) is 18.2 Å². The van der Waals surface area contributed by atoms with Crippen LogP contribution in [0.2, 0.25) is 0 Å². The summed E-state index contributed by atoms with van der Waals surface area (Å²) in [6.45, 7) is 7.02. The van der Waals surface area contributed by atoms with Crippen LogP contribution in [0.5, 0.6) is 0 Å². The molecule has 8 heteroatoms. The van der Waals surface area contributed by atoms with E-state index in [0.29, 0.717) is 12.2 Å². The van der Waals surface area contributed by atoms with Gasteiger partial charge in [0.2, 0.25) is 5.91 Å². The third-order valence-corrected chi connectivity index (χ3v) is 4.36. The lowest BCUT2D eigenvalue weighted by Gasteiger charge is -2.27. The Morgan fingerprint density at radius 1 is 1.28 bits per heavy atom. The fourth-order valence-electron chi connectivity index (χ4n) is 2.89. The van der Waals surface area contributed by atoms with Gasteiger partial charge >= 0.3 is 0 Å². The highest BCUT2D eigenvalue weighted by Crippen LogP contribution is 2.14. The van der Waals surface area contributed by atoms with Crippen molar-refractivity contribution in [3.8, 4) is 0 Å². The van der Waals surface area contributed by atoms with Gasteiger partial charge in [-0.15, -0.1) is 0 Å². The summed E-state index contributed by atoms with van der Waals surface area (Å²) in [5, 5.41) is 16.5. The zero-order valence-corrected chi connectivity index (χ0v) is 14.3. The first-order valence-corrected chi connectivity index (χ1v) is 8.60. The molecular weight excluding hydrogens is 320 g/mol. The van der Waals surface area contributed by atoms with Crippen molar-refractivity contribution in [3.63, 3.8) is 0 Å². The van der Waals surface area contributed by atoms with E-state index in [2.05, 4.69) is 31.0 Å². The number of fused-ring (bicyclic) bond motifs is 1. The average Bonchev–Trinajstić information content (AvgIpc) is 3.06. The van der Waals surface area contributed by atoms with E-state index in [0.717, 1.165) is 43.6 Å². The molecule has 1 unspecified atom stereocenters. The third-order valence-electron chi connectivity index (χ3n) is 4.36. The molecule has 4 N–H and O–H groups in total. The zero-order chi connectivity index (χ0) is 17.6. The Balaban J connectivity index is 1.48. The number of nitrogens with zero attached hydrogens (tertiary/aromatic N) is 2. The maximum absolute atomic E-state index is 12.4. The van der Waals surface area contributed by atoms with Crippen molar-refractivity contribution in [3.05, 3.63) is 30.0 Å². The Bertz CT molecular complexity index is 738. The predicted octanol–water partition coefficient (Wildman–Crippen LogP) is -0.297. The fraction of sp³-hybridized carbons (Fsp3) is 0.471. The second-order valence-corrected chi connectivity index (χ2v) is 6.20. The Kier molecular flexibility index (Phi) is 5.62. The molecule has 2 aromatic rings. The van der Waals surface area contributed by atoms with Crippen molar-refractivity contribution in [2.45, 2.75) is 13.0 Å². The molecule has 1 aromatic heterocycles. The second-order valence-electron chi connectivity index (χ2n) is 6.20. The number of rotatable bonds is 6. The average molecular weight is 344 g/mol. The van der Waals surface area contributed by atoms with E-state index in [1.165, 1.54) is 0 Å². The van der Waals surface area contributed by atoms with Crippen LogP contribution in [0.15, 0.2) is 24.3 Å². The lowest BCUT2D eigenvalue weighted by Crippen LogP contribution is -2.49.